The van der Waals surface area contributed by atoms with E-state index in [2.05, 4.69) is 16.0 Å². The zero-order valence-corrected chi connectivity index (χ0v) is 18.3. The first-order valence-corrected chi connectivity index (χ1v) is 11.1. The molecule has 4 rings (SSSR count). The van der Waals surface area contributed by atoms with Gasteiger partial charge in [-0.25, -0.2) is 9.18 Å². The van der Waals surface area contributed by atoms with E-state index in [1.165, 1.54) is 6.07 Å². The number of rotatable bonds is 6. The van der Waals surface area contributed by atoms with Gasteiger partial charge >= 0.3 is 5.69 Å². The van der Waals surface area contributed by atoms with Crippen molar-refractivity contribution >= 4 is 11.0 Å². The Balaban J connectivity index is 1.42. The molecule has 2 heterocycles. The van der Waals surface area contributed by atoms with Gasteiger partial charge in [-0.3, -0.25) is 9.47 Å². The highest BCUT2D eigenvalue weighted by Gasteiger charge is 2.42. The van der Waals surface area contributed by atoms with Crippen LogP contribution in [0.5, 0.6) is 0 Å². The van der Waals surface area contributed by atoms with Crippen LogP contribution < -0.4 is 5.69 Å². The number of aromatic nitrogens is 2. The molecule has 1 aromatic heterocycles. The van der Waals surface area contributed by atoms with Crippen molar-refractivity contribution in [2.45, 2.75) is 63.1 Å². The molecular formula is C23H31FN4O3. The van der Waals surface area contributed by atoms with E-state index in [-0.39, 0.29) is 23.7 Å². The second-order valence-electron chi connectivity index (χ2n) is 8.84. The normalized spacial score (nSPS) is 25.7. The molecule has 0 bridgehead atoms. The Hall–Kier alpha value is -2.21. The van der Waals surface area contributed by atoms with E-state index in [0.29, 0.717) is 24.3 Å². The van der Waals surface area contributed by atoms with Crippen molar-refractivity contribution in [3.63, 3.8) is 0 Å². The van der Waals surface area contributed by atoms with Gasteiger partial charge < -0.3 is 14.5 Å². The number of hydrogen-bond donors (Lipinski definition) is 1. The number of hydrogen-bond acceptors (Lipinski definition) is 5. The highest BCUT2D eigenvalue weighted by molar-refractivity contribution is 5.76. The molecule has 7 nitrogen and oxygen atoms in total. The SMILES string of the molecule is COCCOC1CCC(C#N)(N2CCC(n3c(=O)[nH]c4cc(F)c(C)cc43)CC2)CC1. The molecule has 0 atom stereocenters. The third kappa shape index (κ3) is 4.27. The van der Waals surface area contributed by atoms with Gasteiger partial charge in [0.2, 0.25) is 0 Å². The highest BCUT2D eigenvalue weighted by Crippen LogP contribution is 2.38. The number of aromatic amines is 1. The topological polar surface area (TPSA) is 83.3 Å². The second-order valence-corrected chi connectivity index (χ2v) is 8.84. The molecule has 1 saturated heterocycles. The third-order valence-corrected chi connectivity index (χ3v) is 7.04. The first kappa shape index (κ1) is 22.0. The number of halogens is 1. The number of H-pyrrole nitrogens is 1. The Morgan fingerprint density at radius 3 is 2.58 bits per heavy atom. The van der Waals surface area contributed by atoms with Crippen LogP contribution in [-0.4, -0.2) is 59.5 Å². The summed E-state index contributed by atoms with van der Waals surface area (Å²) in [5, 5.41) is 10.0. The third-order valence-electron chi connectivity index (χ3n) is 7.04. The smallest absolute Gasteiger partial charge is 0.326 e. The molecule has 1 aromatic carbocycles. The maximum absolute atomic E-state index is 13.9. The minimum Gasteiger partial charge on any atom is -0.382 e. The summed E-state index contributed by atoms with van der Waals surface area (Å²) < 4.78 is 26.6. The van der Waals surface area contributed by atoms with Crippen molar-refractivity contribution in [2.75, 3.05) is 33.4 Å². The fourth-order valence-corrected chi connectivity index (χ4v) is 5.20. The van der Waals surface area contributed by atoms with E-state index < -0.39 is 5.54 Å². The molecule has 2 fully saturated rings. The molecule has 168 valence electrons. The molecule has 31 heavy (non-hydrogen) atoms. The number of benzene rings is 1. The molecule has 1 aliphatic heterocycles. The summed E-state index contributed by atoms with van der Waals surface area (Å²) in [5.41, 5.74) is 1.19. The molecule has 1 N–H and O–H groups in total. The lowest BCUT2D eigenvalue weighted by Crippen LogP contribution is -2.54. The Bertz CT molecular complexity index is 1010. The lowest BCUT2D eigenvalue weighted by atomic mass is 9.79. The number of ether oxygens (including phenoxy) is 2. The number of aryl methyl sites for hydroxylation is 1. The Labute approximate surface area is 181 Å². The van der Waals surface area contributed by atoms with Crippen LogP contribution in [0.1, 0.15) is 50.1 Å². The maximum Gasteiger partial charge on any atom is 0.326 e. The van der Waals surface area contributed by atoms with Gasteiger partial charge in [-0.2, -0.15) is 5.26 Å². The van der Waals surface area contributed by atoms with Gasteiger partial charge in [0.1, 0.15) is 11.4 Å². The summed E-state index contributed by atoms with van der Waals surface area (Å²) >= 11 is 0. The monoisotopic (exact) mass is 430 g/mol. The van der Waals surface area contributed by atoms with Crippen LogP contribution in [0.2, 0.25) is 0 Å². The Kier molecular flexibility index (Phi) is 6.47. The van der Waals surface area contributed by atoms with Crippen LogP contribution in [0.25, 0.3) is 11.0 Å². The van der Waals surface area contributed by atoms with Crippen molar-refractivity contribution < 1.29 is 13.9 Å². The minimum absolute atomic E-state index is 0.0480. The molecule has 0 unspecified atom stereocenters. The summed E-state index contributed by atoms with van der Waals surface area (Å²) in [7, 11) is 1.67. The van der Waals surface area contributed by atoms with Gasteiger partial charge in [0.05, 0.1) is 36.4 Å². The predicted octanol–water partition coefficient (Wildman–Crippen LogP) is 3.28. The van der Waals surface area contributed by atoms with E-state index in [4.69, 9.17) is 9.47 Å². The van der Waals surface area contributed by atoms with Crippen molar-refractivity contribution in [1.82, 2.24) is 14.5 Å². The van der Waals surface area contributed by atoms with Gasteiger partial charge in [0.25, 0.3) is 0 Å². The lowest BCUT2D eigenvalue weighted by molar-refractivity contribution is -0.0315. The number of nitriles is 1. The van der Waals surface area contributed by atoms with Crippen LogP contribution in [0, 0.1) is 24.1 Å². The maximum atomic E-state index is 13.9. The summed E-state index contributed by atoms with van der Waals surface area (Å²) in [6.07, 6.45) is 5.14. The first-order valence-electron chi connectivity index (χ1n) is 11.1. The molecule has 2 aliphatic rings. The molecule has 1 aliphatic carbocycles. The summed E-state index contributed by atoms with van der Waals surface area (Å²) in [6, 6.07) is 5.80. The minimum atomic E-state index is -0.447. The van der Waals surface area contributed by atoms with Crippen LogP contribution in [0.4, 0.5) is 4.39 Å². The number of imidazole rings is 1. The van der Waals surface area contributed by atoms with Crippen molar-refractivity contribution in [2.24, 2.45) is 0 Å². The fourth-order valence-electron chi connectivity index (χ4n) is 5.20. The van der Waals surface area contributed by atoms with Crippen LogP contribution in [0.3, 0.4) is 0 Å². The van der Waals surface area contributed by atoms with Gasteiger partial charge in [0, 0.05) is 26.2 Å². The summed E-state index contributed by atoms with van der Waals surface area (Å²) in [4.78, 5) is 17.7. The molecular weight excluding hydrogens is 399 g/mol. The number of likely N-dealkylation sites (tertiary alicyclic amines) is 1. The number of nitrogens with one attached hydrogen (secondary N) is 1. The van der Waals surface area contributed by atoms with Crippen molar-refractivity contribution in [3.05, 3.63) is 34.0 Å². The summed E-state index contributed by atoms with van der Waals surface area (Å²) in [5.74, 6) is -0.312. The quantitative estimate of drug-likeness (QED) is 0.711. The lowest BCUT2D eigenvalue weighted by Gasteiger charge is -2.46. The van der Waals surface area contributed by atoms with Gasteiger partial charge in [-0.1, -0.05) is 0 Å². The predicted molar refractivity (Wildman–Crippen MR) is 116 cm³/mol. The first-order chi connectivity index (χ1) is 15.0. The number of nitrogens with zero attached hydrogens (tertiary/aromatic N) is 3. The van der Waals surface area contributed by atoms with Gasteiger partial charge in [0.15, 0.2) is 0 Å². The van der Waals surface area contributed by atoms with Crippen LogP contribution in [-0.2, 0) is 9.47 Å². The van der Waals surface area contributed by atoms with Crippen molar-refractivity contribution in [3.8, 4) is 6.07 Å². The summed E-state index contributed by atoms with van der Waals surface area (Å²) in [6.45, 7) is 4.44. The van der Waals surface area contributed by atoms with Crippen molar-refractivity contribution in [1.29, 1.82) is 5.26 Å². The molecule has 2 aromatic rings. The average molecular weight is 431 g/mol. The van der Waals surface area contributed by atoms with Crippen LogP contribution >= 0.6 is 0 Å². The van der Waals surface area contributed by atoms with Crippen LogP contribution in [0.15, 0.2) is 16.9 Å². The average Bonchev–Trinajstić information content (AvgIpc) is 3.09. The molecule has 0 spiro atoms. The Morgan fingerprint density at radius 2 is 1.94 bits per heavy atom. The number of methoxy groups -OCH3 is 1. The number of fused-ring (bicyclic) bond motifs is 1. The zero-order chi connectivity index (χ0) is 22.0. The largest absolute Gasteiger partial charge is 0.382 e. The molecule has 8 heteroatoms. The van der Waals surface area contributed by atoms with E-state index in [9.17, 15) is 14.4 Å². The Morgan fingerprint density at radius 1 is 1.23 bits per heavy atom. The van der Waals surface area contributed by atoms with Gasteiger partial charge in [-0.15, -0.1) is 0 Å². The highest BCUT2D eigenvalue weighted by atomic mass is 19.1. The van der Waals surface area contributed by atoms with E-state index in [0.717, 1.165) is 57.1 Å². The second kappa shape index (κ2) is 9.11. The molecule has 1 saturated carbocycles. The molecule has 0 radical (unpaired) electrons. The number of piperidine rings is 1. The zero-order valence-electron chi connectivity index (χ0n) is 18.3. The molecule has 0 amide bonds. The van der Waals surface area contributed by atoms with E-state index >= 15 is 0 Å². The van der Waals surface area contributed by atoms with E-state index in [1.54, 1.807) is 24.7 Å². The standard InChI is InChI=1S/C23H31FN4O3/c1-16-13-21-20(14-19(16)24)26-22(29)28(21)17-5-9-27(10-6-17)23(15-25)7-3-18(4-8-23)31-12-11-30-2/h13-14,17-18H,3-12H2,1-2H3,(H,26,29). The van der Waals surface area contributed by atoms with Gasteiger partial charge in [-0.05, 0) is 63.1 Å². The fraction of sp³-hybridized carbons (Fsp3) is 0.652. The van der Waals surface area contributed by atoms with E-state index in [1.807, 2.05) is 0 Å².